The molecule has 0 saturated carbocycles. The number of phenolic OH excluding ortho intramolecular Hbond substituents is 1. The maximum Gasteiger partial charge on any atom is 0.257 e. The molecule has 7 heteroatoms. The van der Waals surface area contributed by atoms with Gasteiger partial charge >= 0.3 is 0 Å². The summed E-state index contributed by atoms with van der Waals surface area (Å²) in [5.74, 6) is -0.237. The van der Waals surface area contributed by atoms with Gasteiger partial charge in [0.15, 0.2) is 0 Å². The zero-order valence-corrected chi connectivity index (χ0v) is 11.0. The van der Waals surface area contributed by atoms with Gasteiger partial charge in [0.1, 0.15) is 10.6 Å². The molecule has 1 aliphatic rings. The number of hydrogen-bond donors (Lipinski definition) is 2. The topological polar surface area (TPSA) is 72.9 Å². The van der Waals surface area contributed by atoms with Gasteiger partial charge in [-0.25, -0.2) is 13.4 Å². The molecule has 1 fully saturated rings. The van der Waals surface area contributed by atoms with E-state index in [-0.39, 0.29) is 10.6 Å². The molecule has 0 aliphatic carbocycles. The maximum atomic E-state index is 12.1. The summed E-state index contributed by atoms with van der Waals surface area (Å²) in [6, 6.07) is 5.91. The number of sulfonamides is 1. The Morgan fingerprint density at radius 3 is 2.39 bits per heavy atom. The average molecular weight is 271 g/mol. The third-order valence-corrected chi connectivity index (χ3v) is 4.33. The van der Waals surface area contributed by atoms with Crippen LogP contribution in [0.15, 0.2) is 29.2 Å². The number of benzene rings is 1. The lowest BCUT2D eigenvalue weighted by Crippen LogP contribution is -2.52. The molecule has 1 aromatic carbocycles. The van der Waals surface area contributed by atoms with Gasteiger partial charge in [-0.1, -0.05) is 12.1 Å². The van der Waals surface area contributed by atoms with E-state index < -0.39 is 10.0 Å². The molecule has 0 spiro atoms. The van der Waals surface area contributed by atoms with Gasteiger partial charge in [0.05, 0.1) is 0 Å². The number of aromatic hydroxyl groups is 1. The van der Waals surface area contributed by atoms with E-state index in [1.165, 1.54) is 12.1 Å². The van der Waals surface area contributed by atoms with Gasteiger partial charge < -0.3 is 10.0 Å². The Labute approximate surface area is 107 Å². The van der Waals surface area contributed by atoms with Crippen molar-refractivity contribution in [2.75, 3.05) is 33.2 Å². The highest BCUT2D eigenvalue weighted by Gasteiger charge is 2.23. The second-order valence-corrected chi connectivity index (χ2v) is 5.98. The number of nitrogens with zero attached hydrogens (tertiary/aromatic N) is 2. The zero-order chi connectivity index (χ0) is 13.2. The van der Waals surface area contributed by atoms with Crippen molar-refractivity contribution >= 4 is 10.0 Å². The highest BCUT2D eigenvalue weighted by molar-refractivity contribution is 7.89. The normalized spacial score (nSPS) is 18.9. The maximum absolute atomic E-state index is 12.1. The van der Waals surface area contributed by atoms with Crippen molar-refractivity contribution in [3.05, 3.63) is 24.3 Å². The second kappa shape index (κ2) is 5.23. The van der Waals surface area contributed by atoms with Crippen LogP contribution in [0.5, 0.6) is 5.75 Å². The molecule has 0 aromatic heterocycles. The number of likely N-dealkylation sites (N-methyl/N-ethyl adjacent to an activating group) is 1. The minimum atomic E-state index is -3.70. The molecule has 1 heterocycles. The molecule has 1 saturated heterocycles. The first-order valence-corrected chi connectivity index (χ1v) is 7.21. The largest absolute Gasteiger partial charge is 0.507 e. The fourth-order valence-corrected chi connectivity index (χ4v) is 3.02. The summed E-state index contributed by atoms with van der Waals surface area (Å²) in [6.07, 6.45) is 0. The molecule has 0 amide bonds. The Morgan fingerprint density at radius 1 is 1.17 bits per heavy atom. The van der Waals surface area contributed by atoms with Crippen LogP contribution in [0.25, 0.3) is 0 Å². The van der Waals surface area contributed by atoms with E-state index in [4.69, 9.17) is 0 Å². The molecule has 6 nitrogen and oxygen atoms in total. The van der Waals surface area contributed by atoms with Crippen molar-refractivity contribution in [2.24, 2.45) is 0 Å². The third-order valence-electron chi connectivity index (χ3n) is 2.91. The summed E-state index contributed by atoms with van der Waals surface area (Å²) < 4.78 is 24.2. The van der Waals surface area contributed by atoms with Crippen molar-refractivity contribution in [2.45, 2.75) is 4.90 Å². The van der Waals surface area contributed by atoms with E-state index >= 15 is 0 Å². The molecule has 0 radical (unpaired) electrons. The van der Waals surface area contributed by atoms with Crippen LogP contribution >= 0.6 is 0 Å². The Bertz CT molecular complexity index is 510. The standard InChI is InChI=1S/C11H17N3O3S/c1-13-6-8-14(9-7-13)12-18(16,17)11-5-3-2-4-10(11)15/h2-5,12,15H,6-9H2,1H3. The van der Waals surface area contributed by atoms with E-state index in [1.54, 1.807) is 17.1 Å². The highest BCUT2D eigenvalue weighted by Crippen LogP contribution is 2.21. The summed E-state index contributed by atoms with van der Waals surface area (Å²) >= 11 is 0. The predicted octanol–water partition coefficient (Wildman–Crippen LogP) is -0.167. The number of nitrogens with one attached hydrogen (secondary N) is 1. The smallest absolute Gasteiger partial charge is 0.257 e. The van der Waals surface area contributed by atoms with Crippen LogP contribution in [0.1, 0.15) is 0 Å². The number of piperazine rings is 1. The molecule has 0 atom stereocenters. The van der Waals surface area contributed by atoms with Crippen molar-refractivity contribution in [1.82, 2.24) is 14.7 Å². The number of hydrogen-bond acceptors (Lipinski definition) is 5. The summed E-state index contributed by atoms with van der Waals surface area (Å²) in [7, 11) is -1.71. The van der Waals surface area contributed by atoms with Crippen molar-refractivity contribution in [3.63, 3.8) is 0 Å². The predicted molar refractivity (Wildman–Crippen MR) is 67.5 cm³/mol. The van der Waals surface area contributed by atoms with Gasteiger partial charge in [0.25, 0.3) is 10.0 Å². The fraction of sp³-hybridized carbons (Fsp3) is 0.455. The second-order valence-electron chi connectivity index (χ2n) is 4.35. The average Bonchev–Trinajstić information content (AvgIpc) is 2.32. The van der Waals surface area contributed by atoms with E-state index in [9.17, 15) is 13.5 Å². The van der Waals surface area contributed by atoms with Gasteiger partial charge in [0, 0.05) is 26.2 Å². The minimum Gasteiger partial charge on any atom is -0.507 e. The Kier molecular flexibility index (Phi) is 3.86. The molecular formula is C11H17N3O3S. The molecule has 0 bridgehead atoms. The van der Waals surface area contributed by atoms with Crippen LogP contribution in [0.4, 0.5) is 0 Å². The summed E-state index contributed by atoms with van der Waals surface area (Å²) in [5, 5.41) is 11.2. The number of rotatable bonds is 3. The highest BCUT2D eigenvalue weighted by atomic mass is 32.2. The van der Waals surface area contributed by atoms with Crippen LogP contribution in [0.3, 0.4) is 0 Å². The van der Waals surface area contributed by atoms with Gasteiger partial charge in [-0.2, -0.15) is 0 Å². The number of para-hydroxylation sites is 1. The van der Waals surface area contributed by atoms with E-state index in [0.717, 1.165) is 13.1 Å². The van der Waals surface area contributed by atoms with Crippen LogP contribution in [0, 0.1) is 0 Å². The Morgan fingerprint density at radius 2 is 1.78 bits per heavy atom. The lowest BCUT2D eigenvalue weighted by Gasteiger charge is -2.32. The van der Waals surface area contributed by atoms with E-state index in [1.807, 2.05) is 7.05 Å². The summed E-state index contributed by atoms with van der Waals surface area (Å²) in [4.78, 5) is 4.53. The number of phenols is 1. The first-order chi connectivity index (χ1) is 8.49. The number of hydrazine groups is 1. The van der Waals surface area contributed by atoms with Crippen molar-refractivity contribution in [3.8, 4) is 5.75 Å². The first kappa shape index (κ1) is 13.3. The Hall–Kier alpha value is -1.15. The van der Waals surface area contributed by atoms with Crippen LogP contribution in [-0.2, 0) is 10.0 Å². The molecule has 100 valence electrons. The van der Waals surface area contributed by atoms with Crippen LogP contribution in [-0.4, -0.2) is 56.7 Å². The van der Waals surface area contributed by atoms with Gasteiger partial charge in [0.2, 0.25) is 0 Å². The third kappa shape index (κ3) is 2.99. The first-order valence-electron chi connectivity index (χ1n) is 5.73. The van der Waals surface area contributed by atoms with Gasteiger partial charge in [-0.3, -0.25) is 0 Å². The van der Waals surface area contributed by atoms with E-state index in [0.29, 0.717) is 13.1 Å². The fourth-order valence-electron chi connectivity index (χ4n) is 1.80. The molecular weight excluding hydrogens is 254 g/mol. The lowest BCUT2D eigenvalue weighted by atomic mass is 10.3. The monoisotopic (exact) mass is 271 g/mol. The van der Waals surface area contributed by atoms with Crippen LogP contribution < -0.4 is 4.83 Å². The van der Waals surface area contributed by atoms with Crippen molar-refractivity contribution in [1.29, 1.82) is 0 Å². The molecule has 2 N–H and O–H groups in total. The quantitative estimate of drug-likeness (QED) is 0.799. The molecule has 1 aliphatic heterocycles. The summed E-state index contributed by atoms with van der Waals surface area (Å²) in [6.45, 7) is 2.87. The summed E-state index contributed by atoms with van der Waals surface area (Å²) in [5.41, 5.74) is 0. The van der Waals surface area contributed by atoms with Crippen LogP contribution in [0.2, 0.25) is 0 Å². The van der Waals surface area contributed by atoms with Gasteiger partial charge in [-0.05, 0) is 19.2 Å². The minimum absolute atomic E-state index is 0.0936. The zero-order valence-electron chi connectivity index (χ0n) is 10.2. The SMILES string of the molecule is CN1CCN(NS(=O)(=O)c2ccccc2O)CC1. The van der Waals surface area contributed by atoms with E-state index in [2.05, 4.69) is 9.73 Å². The molecule has 0 unspecified atom stereocenters. The molecule has 2 rings (SSSR count). The lowest BCUT2D eigenvalue weighted by molar-refractivity contribution is 0.134. The van der Waals surface area contributed by atoms with Crippen molar-refractivity contribution < 1.29 is 13.5 Å². The molecule has 1 aromatic rings. The van der Waals surface area contributed by atoms with Gasteiger partial charge in [-0.15, -0.1) is 4.83 Å². The Balaban J connectivity index is 2.11. The molecule has 18 heavy (non-hydrogen) atoms.